The third kappa shape index (κ3) is 4.12. The highest BCUT2D eigenvalue weighted by atomic mass is 16.6. The van der Waals surface area contributed by atoms with E-state index in [1.54, 1.807) is 17.9 Å². The maximum Gasteiger partial charge on any atom is 0.410 e. The minimum Gasteiger partial charge on any atom is -0.444 e. The first-order chi connectivity index (χ1) is 11.1. The van der Waals surface area contributed by atoms with Crippen LogP contribution in [0.15, 0.2) is 12.3 Å². The van der Waals surface area contributed by atoms with Gasteiger partial charge in [-0.1, -0.05) is 0 Å². The highest BCUT2D eigenvalue weighted by molar-refractivity contribution is 5.68. The van der Waals surface area contributed by atoms with E-state index < -0.39 is 10.5 Å². The number of hydrogen-bond donors (Lipinski definition) is 0. The maximum absolute atomic E-state index is 12.2. The molecule has 8 nitrogen and oxygen atoms in total. The van der Waals surface area contributed by atoms with Gasteiger partial charge >= 0.3 is 6.09 Å². The zero-order valence-corrected chi connectivity index (χ0v) is 14.8. The average molecular weight is 336 g/mol. The number of nitro groups is 1. The number of nitrogens with zero attached hydrogens (tertiary/aromatic N) is 4. The highest BCUT2D eigenvalue weighted by Gasteiger charge is 2.30. The Bertz CT molecular complexity index is 641. The van der Waals surface area contributed by atoms with Crippen molar-refractivity contribution in [3.8, 4) is 0 Å². The number of carbonyl (C=O) groups excluding carboxylic acids is 1. The second-order valence-corrected chi connectivity index (χ2v) is 7.05. The molecule has 1 aromatic heterocycles. The number of hydrogen-bond acceptors (Lipinski definition) is 6. The van der Waals surface area contributed by atoms with Gasteiger partial charge in [0.25, 0.3) is 5.69 Å². The maximum atomic E-state index is 12.2. The van der Waals surface area contributed by atoms with Gasteiger partial charge in [0.05, 0.1) is 4.92 Å². The Morgan fingerprint density at radius 2 is 2.08 bits per heavy atom. The quantitative estimate of drug-likeness (QED) is 0.609. The Kier molecular flexibility index (Phi) is 4.96. The summed E-state index contributed by atoms with van der Waals surface area (Å²) >= 11 is 0. The lowest BCUT2D eigenvalue weighted by molar-refractivity contribution is -0.385. The molecule has 0 saturated carbocycles. The van der Waals surface area contributed by atoms with Crippen LogP contribution in [0.3, 0.4) is 0 Å². The molecular weight excluding hydrogens is 312 g/mol. The molecule has 1 aliphatic heterocycles. The number of amides is 1. The van der Waals surface area contributed by atoms with Crippen molar-refractivity contribution in [3.63, 3.8) is 0 Å². The van der Waals surface area contributed by atoms with Crippen LogP contribution < -0.4 is 4.90 Å². The monoisotopic (exact) mass is 336 g/mol. The van der Waals surface area contributed by atoms with E-state index in [1.807, 2.05) is 27.7 Å². The molecule has 8 heteroatoms. The van der Waals surface area contributed by atoms with Crippen LogP contribution in [0.1, 0.15) is 33.3 Å². The van der Waals surface area contributed by atoms with Gasteiger partial charge in [0.15, 0.2) is 0 Å². The normalized spacial score (nSPS) is 18.5. The number of carbonyl (C=O) groups is 1. The van der Waals surface area contributed by atoms with E-state index in [0.29, 0.717) is 31.0 Å². The Labute approximate surface area is 141 Å². The second-order valence-electron chi connectivity index (χ2n) is 7.05. The molecular formula is C16H24N4O4. The number of ether oxygens (including phenoxy) is 1. The molecule has 2 rings (SSSR count). The fraction of sp³-hybridized carbons (Fsp3) is 0.625. The van der Waals surface area contributed by atoms with Crippen LogP contribution in [-0.4, -0.2) is 52.2 Å². The van der Waals surface area contributed by atoms with Crippen molar-refractivity contribution in [2.45, 2.75) is 46.3 Å². The van der Waals surface area contributed by atoms with Crippen LogP contribution in [0, 0.1) is 17.0 Å². The van der Waals surface area contributed by atoms with Crippen molar-refractivity contribution in [3.05, 3.63) is 27.9 Å². The Morgan fingerprint density at radius 3 is 2.58 bits per heavy atom. The molecule has 1 aliphatic rings. The third-order valence-corrected chi connectivity index (χ3v) is 3.84. The minimum atomic E-state index is -0.519. The first kappa shape index (κ1) is 18.0. The molecule has 1 aromatic rings. The van der Waals surface area contributed by atoms with Gasteiger partial charge in [-0.05, 0) is 40.7 Å². The van der Waals surface area contributed by atoms with Crippen LogP contribution in [0.5, 0.6) is 0 Å². The van der Waals surface area contributed by atoms with Crippen LogP contribution in [-0.2, 0) is 4.74 Å². The molecule has 1 atom stereocenters. The van der Waals surface area contributed by atoms with E-state index in [2.05, 4.69) is 9.88 Å². The molecule has 0 bridgehead atoms. The van der Waals surface area contributed by atoms with Gasteiger partial charge in [-0.3, -0.25) is 10.1 Å². The average Bonchev–Trinajstić information content (AvgIpc) is 2.44. The molecule has 0 radical (unpaired) electrons. The summed E-state index contributed by atoms with van der Waals surface area (Å²) in [5, 5.41) is 10.9. The van der Waals surface area contributed by atoms with Gasteiger partial charge in [-0.15, -0.1) is 0 Å². The van der Waals surface area contributed by atoms with Crippen molar-refractivity contribution >= 4 is 17.6 Å². The molecule has 24 heavy (non-hydrogen) atoms. The number of rotatable bonds is 2. The van der Waals surface area contributed by atoms with E-state index >= 15 is 0 Å². The lowest BCUT2D eigenvalue weighted by Gasteiger charge is -2.40. The van der Waals surface area contributed by atoms with Gasteiger partial charge in [0, 0.05) is 31.2 Å². The fourth-order valence-corrected chi connectivity index (χ4v) is 2.67. The largest absolute Gasteiger partial charge is 0.444 e. The second kappa shape index (κ2) is 6.62. The van der Waals surface area contributed by atoms with Gasteiger partial charge in [-0.2, -0.15) is 0 Å². The number of anilines is 1. The Hall–Kier alpha value is -2.38. The smallest absolute Gasteiger partial charge is 0.410 e. The predicted molar refractivity (Wildman–Crippen MR) is 90.2 cm³/mol. The van der Waals surface area contributed by atoms with Crippen molar-refractivity contribution in [2.24, 2.45) is 0 Å². The van der Waals surface area contributed by atoms with Gasteiger partial charge in [-0.25, -0.2) is 9.78 Å². The van der Waals surface area contributed by atoms with E-state index in [-0.39, 0.29) is 17.8 Å². The highest BCUT2D eigenvalue weighted by Crippen LogP contribution is 2.24. The summed E-state index contributed by atoms with van der Waals surface area (Å²) in [7, 11) is 0. The molecule has 132 valence electrons. The van der Waals surface area contributed by atoms with Gasteiger partial charge < -0.3 is 14.5 Å². The molecule has 1 unspecified atom stereocenters. The van der Waals surface area contributed by atoms with Crippen molar-refractivity contribution in [1.29, 1.82) is 0 Å². The van der Waals surface area contributed by atoms with Crippen molar-refractivity contribution in [1.82, 2.24) is 9.88 Å². The zero-order valence-electron chi connectivity index (χ0n) is 14.8. The zero-order chi connectivity index (χ0) is 18.1. The minimum absolute atomic E-state index is 0.0128. The summed E-state index contributed by atoms with van der Waals surface area (Å²) in [5.41, 5.74) is 0.0691. The van der Waals surface area contributed by atoms with E-state index in [0.717, 1.165) is 0 Å². The molecule has 0 N–H and O–H groups in total. The van der Waals surface area contributed by atoms with Gasteiger partial charge in [0.2, 0.25) is 0 Å². The predicted octanol–water partition coefficient (Wildman–Crippen LogP) is 2.74. The summed E-state index contributed by atoms with van der Waals surface area (Å²) in [5.74, 6) is 0.689. The Balaban J connectivity index is 2.07. The lowest BCUT2D eigenvalue weighted by atomic mass is 10.1. The van der Waals surface area contributed by atoms with E-state index in [9.17, 15) is 14.9 Å². The van der Waals surface area contributed by atoms with Crippen molar-refractivity contribution in [2.75, 3.05) is 24.5 Å². The number of aryl methyl sites for hydroxylation is 1. The lowest BCUT2D eigenvalue weighted by Crippen LogP contribution is -2.54. The number of pyridine rings is 1. The fourth-order valence-electron chi connectivity index (χ4n) is 2.67. The molecule has 1 saturated heterocycles. The first-order valence-electron chi connectivity index (χ1n) is 7.94. The van der Waals surface area contributed by atoms with E-state index in [1.165, 1.54) is 6.20 Å². The number of piperazine rings is 1. The summed E-state index contributed by atoms with van der Waals surface area (Å²) < 4.78 is 5.41. The SMILES string of the molecule is Cc1cc(N2CCN(C(=O)OC(C)(C)C)CC2C)ncc1[N+](=O)[O-]. The first-order valence-corrected chi connectivity index (χ1v) is 7.94. The van der Waals surface area contributed by atoms with Crippen LogP contribution >= 0.6 is 0 Å². The molecule has 1 fully saturated rings. The molecule has 0 aliphatic carbocycles. The van der Waals surface area contributed by atoms with Crippen molar-refractivity contribution < 1.29 is 14.5 Å². The van der Waals surface area contributed by atoms with Gasteiger partial charge in [0.1, 0.15) is 17.6 Å². The summed E-state index contributed by atoms with van der Waals surface area (Å²) in [6.07, 6.45) is 0.972. The topological polar surface area (TPSA) is 88.8 Å². The third-order valence-electron chi connectivity index (χ3n) is 3.84. The molecule has 2 heterocycles. The number of aromatic nitrogens is 1. The summed E-state index contributed by atoms with van der Waals surface area (Å²) in [4.78, 5) is 30.6. The summed E-state index contributed by atoms with van der Waals surface area (Å²) in [6.45, 7) is 10.9. The van der Waals surface area contributed by atoms with E-state index in [4.69, 9.17) is 4.74 Å². The summed E-state index contributed by atoms with van der Waals surface area (Å²) in [6, 6.07) is 1.76. The standard InChI is InChI=1S/C16H24N4O4/c1-11-8-14(17-9-13(11)20(22)23)19-7-6-18(10-12(19)2)15(21)24-16(3,4)5/h8-9,12H,6-7,10H2,1-5H3. The van der Waals surface area contributed by atoms with Crippen LogP contribution in [0.2, 0.25) is 0 Å². The molecule has 0 aromatic carbocycles. The van der Waals surface area contributed by atoms with Crippen LogP contribution in [0.25, 0.3) is 0 Å². The Morgan fingerprint density at radius 1 is 1.42 bits per heavy atom. The van der Waals surface area contributed by atoms with Crippen LogP contribution in [0.4, 0.5) is 16.3 Å². The molecule has 0 spiro atoms. The molecule has 1 amide bonds.